The zero-order valence-corrected chi connectivity index (χ0v) is 14.3. The summed E-state index contributed by atoms with van der Waals surface area (Å²) in [4.78, 5) is 15.5. The van der Waals surface area contributed by atoms with E-state index < -0.39 is 0 Å². The van der Waals surface area contributed by atoms with Gasteiger partial charge in [0.2, 0.25) is 0 Å². The molecule has 0 atom stereocenters. The van der Waals surface area contributed by atoms with Crippen LogP contribution in [-0.4, -0.2) is 31.2 Å². The Morgan fingerprint density at radius 3 is 2.56 bits per heavy atom. The fourth-order valence-electron chi connectivity index (χ4n) is 3.30. The molecule has 4 heteroatoms. The number of morpholine rings is 1. The Morgan fingerprint density at radius 2 is 1.80 bits per heavy atom. The molecule has 0 aliphatic carbocycles. The molecule has 0 saturated carbocycles. The summed E-state index contributed by atoms with van der Waals surface area (Å²) in [5.41, 5.74) is 3.43. The van der Waals surface area contributed by atoms with Gasteiger partial charge in [-0.25, -0.2) is 0 Å². The Labute approximate surface area is 146 Å². The van der Waals surface area contributed by atoms with Gasteiger partial charge in [0.25, 0.3) is 0 Å². The molecule has 4 nitrogen and oxygen atoms in total. The molecule has 1 fully saturated rings. The van der Waals surface area contributed by atoms with Gasteiger partial charge in [-0.15, -0.1) is 0 Å². The lowest BCUT2D eigenvalue weighted by molar-refractivity contribution is 0.0340. The molecule has 2 aromatic carbocycles. The number of benzene rings is 2. The lowest BCUT2D eigenvalue weighted by Crippen LogP contribution is -2.37. The van der Waals surface area contributed by atoms with Crippen LogP contribution in [-0.2, 0) is 11.3 Å². The van der Waals surface area contributed by atoms with Crippen LogP contribution in [0.15, 0.2) is 57.7 Å². The van der Waals surface area contributed by atoms with Crippen LogP contribution in [0.3, 0.4) is 0 Å². The molecular formula is C21H21NO3. The Kier molecular flexibility index (Phi) is 4.38. The Hall–Kier alpha value is -2.43. The Bertz CT molecular complexity index is 941. The second-order valence-electron chi connectivity index (χ2n) is 6.49. The van der Waals surface area contributed by atoms with Crippen LogP contribution in [0.1, 0.15) is 11.1 Å². The van der Waals surface area contributed by atoms with Crippen LogP contribution in [0.4, 0.5) is 0 Å². The predicted octanol–water partition coefficient (Wildman–Crippen LogP) is 3.60. The monoisotopic (exact) mass is 335 g/mol. The highest BCUT2D eigenvalue weighted by atomic mass is 16.5. The van der Waals surface area contributed by atoms with Gasteiger partial charge in [-0.3, -0.25) is 9.69 Å². The summed E-state index contributed by atoms with van der Waals surface area (Å²) in [6, 6.07) is 15.6. The molecule has 0 N–H and O–H groups in total. The van der Waals surface area contributed by atoms with Crippen LogP contribution in [0.5, 0.6) is 0 Å². The summed E-state index contributed by atoms with van der Waals surface area (Å²) in [6.07, 6.45) is 0. The summed E-state index contributed by atoms with van der Waals surface area (Å²) >= 11 is 0. The van der Waals surface area contributed by atoms with Gasteiger partial charge in [-0.1, -0.05) is 42.0 Å². The molecular weight excluding hydrogens is 314 g/mol. The second-order valence-corrected chi connectivity index (χ2v) is 6.49. The van der Waals surface area contributed by atoms with E-state index in [0.717, 1.165) is 29.8 Å². The first kappa shape index (κ1) is 16.1. The standard InChI is InChI=1S/C21H21NO3/c1-15-7-8-19-17(13-15)20(23)18(14-22-9-11-24-12-10-22)21(25-19)16-5-3-2-4-6-16/h2-8,13H,9-12,14H2,1H3. The van der Waals surface area contributed by atoms with Crippen LogP contribution >= 0.6 is 0 Å². The molecule has 128 valence electrons. The van der Waals surface area contributed by atoms with E-state index in [2.05, 4.69) is 4.90 Å². The van der Waals surface area contributed by atoms with Crippen molar-refractivity contribution in [2.45, 2.75) is 13.5 Å². The molecule has 1 aromatic heterocycles. The van der Waals surface area contributed by atoms with Gasteiger partial charge in [0.05, 0.1) is 24.2 Å². The molecule has 0 amide bonds. The molecule has 0 radical (unpaired) electrons. The van der Waals surface area contributed by atoms with E-state index in [-0.39, 0.29) is 5.43 Å². The largest absolute Gasteiger partial charge is 0.455 e. The van der Waals surface area contributed by atoms with Crippen molar-refractivity contribution in [1.29, 1.82) is 0 Å². The van der Waals surface area contributed by atoms with E-state index in [0.29, 0.717) is 36.5 Å². The van der Waals surface area contributed by atoms with Crippen molar-refractivity contribution >= 4 is 11.0 Å². The first-order valence-electron chi connectivity index (χ1n) is 8.64. The van der Waals surface area contributed by atoms with Gasteiger partial charge >= 0.3 is 0 Å². The van der Waals surface area contributed by atoms with Crippen LogP contribution in [0.2, 0.25) is 0 Å². The lowest BCUT2D eigenvalue weighted by Gasteiger charge is -2.27. The number of aryl methyl sites for hydroxylation is 1. The summed E-state index contributed by atoms with van der Waals surface area (Å²) in [6.45, 7) is 5.65. The molecule has 1 saturated heterocycles. The van der Waals surface area contributed by atoms with Gasteiger partial charge in [-0.05, 0) is 19.1 Å². The van der Waals surface area contributed by atoms with E-state index in [1.54, 1.807) is 0 Å². The maximum absolute atomic E-state index is 13.2. The van der Waals surface area contributed by atoms with Gasteiger partial charge < -0.3 is 9.15 Å². The molecule has 1 aliphatic heterocycles. The summed E-state index contributed by atoms with van der Waals surface area (Å²) in [5, 5.41) is 0.656. The number of nitrogens with zero attached hydrogens (tertiary/aromatic N) is 1. The number of hydrogen-bond donors (Lipinski definition) is 0. The smallest absolute Gasteiger partial charge is 0.197 e. The molecule has 0 spiro atoms. The van der Waals surface area contributed by atoms with Crippen molar-refractivity contribution in [2.75, 3.05) is 26.3 Å². The molecule has 0 unspecified atom stereocenters. The van der Waals surface area contributed by atoms with E-state index >= 15 is 0 Å². The number of hydrogen-bond acceptors (Lipinski definition) is 4. The quantitative estimate of drug-likeness (QED) is 0.733. The van der Waals surface area contributed by atoms with Crippen LogP contribution in [0, 0.1) is 6.92 Å². The zero-order chi connectivity index (χ0) is 17.2. The van der Waals surface area contributed by atoms with Gasteiger partial charge in [0.15, 0.2) is 5.43 Å². The van der Waals surface area contributed by atoms with Crippen molar-refractivity contribution in [3.8, 4) is 11.3 Å². The highest BCUT2D eigenvalue weighted by Gasteiger charge is 2.20. The topological polar surface area (TPSA) is 42.7 Å². The minimum Gasteiger partial charge on any atom is -0.455 e. The number of fused-ring (bicyclic) bond motifs is 1. The highest BCUT2D eigenvalue weighted by Crippen LogP contribution is 2.27. The average Bonchev–Trinajstić information content (AvgIpc) is 2.66. The normalized spacial score (nSPS) is 15.6. The third-order valence-electron chi connectivity index (χ3n) is 4.66. The summed E-state index contributed by atoms with van der Waals surface area (Å²) in [5.74, 6) is 0.674. The molecule has 2 heterocycles. The van der Waals surface area contributed by atoms with Crippen molar-refractivity contribution in [2.24, 2.45) is 0 Å². The third-order valence-corrected chi connectivity index (χ3v) is 4.66. The van der Waals surface area contributed by atoms with E-state index in [1.807, 2.05) is 55.5 Å². The predicted molar refractivity (Wildman–Crippen MR) is 98.8 cm³/mol. The summed E-state index contributed by atoms with van der Waals surface area (Å²) in [7, 11) is 0. The minimum absolute atomic E-state index is 0.0651. The average molecular weight is 335 g/mol. The SMILES string of the molecule is Cc1ccc2oc(-c3ccccc3)c(CN3CCOCC3)c(=O)c2c1. The Morgan fingerprint density at radius 1 is 1.04 bits per heavy atom. The fourth-order valence-corrected chi connectivity index (χ4v) is 3.30. The van der Waals surface area contributed by atoms with Crippen molar-refractivity contribution in [3.63, 3.8) is 0 Å². The molecule has 3 aromatic rings. The molecule has 25 heavy (non-hydrogen) atoms. The highest BCUT2D eigenvalue weighted by molar-refractivity contribution is 5.81. The Balaban J connectivity index is 1.89. The molecule has 4 rings (SSSR count). The van der Waals surface area contributed by atoms with Gasteiger partial charge in [0, 0.05) is 25.2 Å². The lowest BCUT2D eigenvalue weighted by atomic mass is 10.0. The zero-order valence-electron chi connectivity index (χ0n) is 14.3. The van der Waals surface area contributed by atoms with E-state index in [9.17, 15) is 4.79 Å². The molecule has 1 aliphatic rings. The minimum atomic E-state index is 0.0651. The number of ether oxygens (including phenoxy) is 1. The maximum Gasteiger partial charge on any atom is 0.197 e. The third kappa shape index (κ3) is 3.23. The van der Waals surface area contributed by atoms with Crippen LogP contribution < -0.4 is 5.43 Å². The van der Waals surface area contributed by atoms with Gasteiger partial charge in [-0.2, -0.15) is 0 Å². The van der Waals surface area contributed by atoms with Crippen molar-refractivity contribution in [1.82, 2.24) is 4.90 Å². The van der Waals surface area contributed by atoms with Crippen molar-refractivity contribution < 1.29 is 9.15 Å². The van der Waals surface area contributed by atoms with E-state index in [1.165, 1.54) is 0 Å². The first-order chi connectivity index (χ1) is 12.2. The number of rotatable bonds is 3. The molecule has 0 bridgehead atoms. The summed E-state index contributed by atoms with van der Waals surface area (Å²) < 4.78 is 11.6. The van der Waals surface area contributed by atoms with E-state index in [4.69, 9.17) is 9.15 Å². The first-order valence-corrected chi connectivity index (χ1v) is 8.64. The van der Waals surface area contributed by atoms with Crippen molar-refractivity contribution in [3.05, 3.63) is 69.9 Å². The van der Waals surface area contributed by atoms with Crippen LogP contribution in [0.25, 0.3) is 22.3 Å². The second kappa shape index (κ2) is 6.82. The maximum atomic E-state index is 13.2. The fraction of sp³-hybridized carbons (Fsp3) is 0.286. The van der Waals surface area contributed by atoms with Gasteiger partial charge in [0.1, 0.15) is 11.3 Å².